The Morgan fingerprint density at radius 3 is 2.20 bits per heavy atom. The lowest BCUT2D eigenvalue weighted by molar-refractivity contribution is -0.120. The molecule has 0 aliphatic heterocycles. The van der Waals surface area contributed by atoms with Gasteiger partial charge in [0.1, 0.15) is 6.04 Å². The molecular weight excluding hydrogens is 254 g/mol. The standard InChI is InChI=1S/C15H23N3O2/c1-9(2)13(14(16)19)18-15(20)11-7-5-6-8-12(11)17-10(3)4/h5-10,13,17H,1-4H3,(H2,16,19)(H,18,20). The van der Waals surface area contributed by atoms with Crippen LogP contribution in [0, 0.1) is 5.92 Å². The SMILES string of the molecule is CC(C)Nc1ccccc1C(=O)NC(C(N)=O)C(C)C. The monoisotopic (exact) mass is 277 g/mol. The van der Waals surface area contributed by atoms with E-state index in [0.717, 1.165) is 5.69 Å². The minimum atomic E-state index is -0.672. The van der Waals surface area contributed by atoms with Gasteiger partial charge in [-0.3, -0.25) is 9.59 Å². The van der Waals surface area contributed by atoms with Crippen LogP contribution in [0.1, 0.15) is 38.1 Å². The van der Waals surface area contributed by atoms with E-state index in [2.05, 4.69) is 10.6 Å². The fourth-order valence-corrected chi connectivity index (χ4v) is 1.90. The van der Waals surface area contributed by atoms with Crippen LogP contribution < -0.4 is 16.4 Å². The zero-order valence-corrected chi connectivity index (χ0v) is 12.4. The van der Waals surface area contributed by atoms with E-state index in [1.54, 1.807) is 12.1 Å². The maximum Gasteiger partial charge on any atom is 0.254 e. The molecule has 0 aromatic heterocycles. The highest BCUT2D eigenvalue weighted by molar-refractivity contribution is 6.01. The Morgan fingerprint density at radius 2 is 1.70 bits per heavy atom. The number of amides is 2. The predicted molar refractivity (Wildman–Crippen MR) is 80.5 cm³/mol. The third-order valence-corrected chi connectivity index (χ3v) is 2.88. The number of hydrogen-bond acceptors (Lipinski definition) is 3. The molecule has 0 aliphatic carbocycles. The Balaban J connectivity index is 2.94. The minimum Gasteiger partial charge on any atom is -0.382 e. The van der Waals surface area contributed by atoms with E-state index in [4.69, 9.17) is 5.73 Å². The van der Waals surface area contributed by atoms with Crippen LogP contribution >= 0.6 is 0 Å². The number of rotatable bonds is 6. The average molecular weight is 277 g/mol. The second-order valence-corrected chi connectivity index (χ2v) is 5.44. The number of nitrogens with one attached hydrogen (secondary N) is 2. The zero-order valence-electron chi connectivity index (χ0n) is 12.4. The number of benzene rings is 1. The Kier molecular flexibility index (Phi) is 5.55. The molecule has 1 rings (SSSR count). The fourth-order valence-electron chi connectivity index (χ4n) is 1.90. The molecule has 5 nitrogen and oxygen atoms in total. The molecule has 0 saturated heterocycles. The number of carbonyl (C=O) groups is 2. The van der Waals surface area contributed by atoms with Crippen molar-refractivity contribution in [1.82, 2.24) is 5.32 Å². The molecule has 0 fully saturated rings. The highest BCUT2D eigenvalue weighted by atomic mass is 16.2. The third kappa shape index (κ3) is 4.26. The zero-order chi connectivity index (χ0) is 15.3. The first-order valence-electron chi connectivity index (χ1n) is 6.78. The van der Waals surface area contributed by atoms with Crippen molar-refractivity contribution >= 4 is 17.5 Å². The molecule has 0 bridgehead atoms. The molecule has 0 saturated carbocycles. The van der Waals surface area contributed by atoms with Gasteiger partial charge in [0.2, 0.25) is 5.91 Å². The third-order valence-electron chi connectivity index (χ3n) is 2.88. The molecule has 0 spiro atoms. The second kappa shape index (κ2) is 6.93. The largest absolute Gasteiger partial charge is 0.382 e. The lowest BCUT2D eigenvalue weighted by Gasteiger charge is -2.20. The molecule has 0 radical (unpaired) electrons. The number of para-hydroxylation sites is 1. The van der Waals surface area contributed by atoms with Gasteiger partial charge in [-0.15, -0.1) is 0 Å². The molecule has 1 aromatic rings. The first-order valence-corrected chi connectivity index (χ1v) is 6.78. The maximum atomic E-state index is 12.3. The Bertz CT molecular complexity index is 484. The van der Waals surface area contributed by atoms with E-state index in [9.17, 15) is 9.59 Å². The highest BCUT2D eigenvalue weighted by Crippen LogP contribution is 2.16. The van der Waals surface area contributed by atoms with Gasteiger partial charge in [-0.25, -0.2) is 0 Å². The summed E-state index contributed by atoms with van der Waals surface area (Å²) in [5.74, 6) is -0.879. The summed E-state index contributed by atoms with van der Waals surface area (Å²) in [6.45, 7) is 7.67. The van der Waals surface area contributed by atoms with Crippen LogP contribution in [0.15, 0.2) is 24.3 Å². The summed E-state index contributed by atoms with van der Waals surface area (Å²) in [5, 5.41) is 5.90. The first-order chi connectivity index (χ1) is 9.32. The fraction of sp³-hybridized carbons (Fsp3) is 0.467. The van der Waals surface area contributed by atoms with Crippen LogP contribution in [0.5, 0.6) is 0 Å². The van der Waals surface area contributed by atoms with Crippen molar-refractivity contribution in [2.45, 2.75) is 39.8 Å². The summed E-state index contributed by atoms with van der Waals surface area (Å²) in [5.41, 5.74) is 6.56. The van der Waals surface area contributed by atoms with Gasteiger partial charge in [0.05, 0.1) is 5.56 Å². The second-order valence-electron chi connectivity index (χ2n) is 5.44. The molecule has 110 valence electrons. The normalized spacial score (nSPS) is 12.3. The van der Waals surface area contributed by atoms with Gasteiger partial charge in [0, 0.05) is 11.7 Å². The number of nitrogens with two attached hydrogens (primary N) is 1. The molecule has 0 heterocycles. The van der Waals surface area contributed by atoms with Gasteiger partial charge in [-0.05, 0) is 31.9 Å². The lowest BCUT2D eigenvalue weighted by Crippen LogP contribution is -2.47. The molecule has 20 heavy (non-hydrogen) atoms. The number of carbonyl (C=O) groups excluding carboxylic acids is 2. The Morgan fingerprint density at radius 1 is 1.10 bits per heavy atom. The van der Waals surface area contributed by atoms with Crippen molar-refractivity contribution in [3.05, 3.63) is 29.8 Å². The summed E-state index contributed by atoms with van der Waals surface area (Å²) in [6, 6.07) is 6.74. The van der Waals surface area contributed by atoms with Crippen molar-refractivity contribution in [3.8, 4) is 0 Å². The van der Waals surface area contributed by atoms with Crippen LogP contribution in [0.4, 0.5) is 5.69 Å². The van der Waals surface area contributed by atoms with Crippen LogP contribution in [-0.4, -0.2) is 23.9 Å². The molecule has 1 aromatic carbocycles. The smallest absolute Gasteiger partial charge is 0.254 e. The average Bonchev–Trinajstić information content (AvgIpc) is 2.34. The molecular formula is C15H23N3O2. The van der Waals surface area contributed by atoms with E-state index in [1.807, 2.05) is 39.8 Å². The lowest BCUT2D eigenvalue weighted by atomic mass is 10.0. The molecule has 5 heteroatoms. The highest BCUT2D eigenvalue weighted by Gasteiger charge is 2.23. The molecule has 4 N–H and O–H groups in total. The topological polar surface area (TPSA) is 84.2 Å². The van der Waals surface area contributed by atoms with E-state index in [1.165, 1.54) is 0 Å². The first kappa shape index (κ1) is 16.0. The summed E-state index contributed by atoms with van der Waals surface area (Å²) in [4.78, 5) is 23.7. The number of anilines is 1. The summed E-state index contributed by atoms with van der Waals surface area (Å²) < 4.78 is 0. The van der Waals surface area contributed by atoms with Gasteiger partial charge in [0.15, 0.2) is 0 Å². The van der Waals surface area contributed by atoms with Gasteiger partial charge < -0.3 is 16.4 Å². The summed E-state index contributed by atoms with van der Waals surface area (Å²) in [7, 11) is 0. The predicted octanol–water partition coefficient (Wildman–Crippen LogP) is 1.75. The summed E-state index contributed by atoms with van der Waals surface area (Å²) in [6.07, 6.45) is 0. The molecule has 2 amide bonds. The molecule has 1 unspecified atom stereocenters. The van der Waals surface area contributed by atoms with E-state index in [-0.39, 0.29) is 17.9 Å². The van der Waals surface area contributed by atoms with Gasteiger partial charge in [-0.1, -0.05) is 26.0 Å². The number of primary amides is 1. The van der Waals surface area contributed by atoms with Crippen molar-refractivity contribution in [3.63, 3.8) is 0 Å². The van der Waals surface area contributed by atoms with Gasteiger partial charge in [-0.2, -0.15) is 0 Å². The van der Waals surface area contributed by atoms with E-state index < -0.39 is 11.9 Å². The van der Waals surface area contributed by atoms with Crippen LogP contribution in [0.2, 0.25) is 0 Å². The van der Waals surface area contributed by atoms with Gasteiger partial charge >= 0.3 is 0 Å². The molecule has 0 aliphatic rings. The Labute approximate surface area is 119 Å². The quantitative estimate of drug-likeness (QED) is 0.740. The van der Waals surface area contributed by atoms with Crippen molar-refractivity contribution < 1.29 is 9.59 Å². The summed E-state index contributed by atoms with van der Waals surface area (Å²) >= 11 is 0. The van der Waals surface area contributed by atoms with E-state index in [0.29, 0.717) is 5.56 Å². The maximum absolute atomic E-state index is 12.3. The Hall–Kier alpha value is -2.04. The van der Waals surface area contributed by atoms with E-state index >= 15 is 0 Å². The van der Waals surface area contributed by atoms with Crippen LogP contribution in [-0.2, 0) is 4.79 Å². The minimum absolute atomic E-state index is 0.0540. The van der Waals surface area contributed by atoms with Gasteiger partial charge in [0.25, 0.3) is 5.91 Å². The number of hydrogen-bond donors (Lipinski definition) is 3. The van der Waals surface area contributed by atoms with Crippen LogP contribution in [0.25, 0.3) is 0 Å². The molecule has 1 atom stereocenters. The van der Waals surface area contributed by atoms with Crippen molar-refractivity contribution in [2.24, 2.45) is 11.7 Å². The van der Waals surface area contributed by atoms with Crippen molar-refractivity contribution in [1.29, 1.82) is 0 Å². The van der Waals surface area contributed by atoms with Crippen molar-refractivity contribution in [2.75, 3.05) is 5.32 Å². The van der Waals surface area contributed by atoms with Crippen LogP contribution in [0.3, 0.4) is 0 Å².